The zero-order valence-electron chi connectivity index (χ0n) is 19.6. The van der Waals surface area contributed by atoms with Crippen LogP contribution in [0.1, 0.15) is 61.7 Å². The minimum Gasteiger partial charge on any atom is -0.494 e. The predicted molar refractivity (Wildman–Crippen MR) is 149 cm³/mol. The van der Waals surface area contributed by atoms with Crippen molar-refractivity contribution in [3.63, 3.8) is 0 Å². The van der Waals surface area contributed by atoms with Crippen LogP contribution in [0.5, 0.6) is 5.75 Å². The first-order valence-electron chi connectivity index (χ1n) is 11.9. The first-order chi connectivity index (χ1) is 17.1. The van der Waals surface area contributed by atoms with Gasteiger partial charge in [-0.25, -0.2) is 4.79 Å². The molecule has 0 atom stereocenters. The molecule has 0 radical (unpaired) electrons. The molecule has 3 aromatic rings. The second-order valence-corrected chi connectivity index (χ2v) is 11.8. The third-order valence-electron chi connectivity index (χ3n) is 5.29. The Morgan fingerprint density at radius 2 is 1.31 bits per heavy atom. The monoisotopic (exact) mass is 620 g/mol. The Labute approximate surface area is 228 Å². The average Bonchev–Trinajstić information content (AvgIpc) is 3.22. The second kappa shape index (κ2) is 15.9. The third kappa shape index (κ3) is 10.6. The molecule has 35 heavy (non-hydrogen) atoms. The largest absolute Gasteiger partial charge is 0.494 e. The van der Waals surface area contributed by atoms with Crippen LogP contribution in [-0.2, 0) is 4.74 Å². The van der Waals surface area contributed by atoms with Crippen LogP contribution >= 0.6 is 43.2 Å². The van der Waals surface area contributed by atoms with Crippen molar-refractivity contribution in [3.05, 3.63) is 73.8 Å². The summed E-state index contributed by atoms with van der Waals surface area (Å²) in [5.41, 5.74) is 2.24. The summed E-state index contributed by atoms with van der Waals surface area (Å²) in [7, 11) is 0. The van der Waals surface area contributed by atoms with Crippen LogP contribution in [0.2, 0.25) is 0 Å². The fourth-order valence-corrected chi connectivity index (χ4v) is 6.16. The van der Waals surface area contributed by atoms with Gasteiger partial charge in [0.2, 0.25) is 0 Å². The lowest BCUT2D eigenvalue weighted by atomic mass is 10.1. The highest BCUT2D eigenvalue weighted by Gasteiger charge is 2.14. The quantitative estimate of drug-likeness (QED) is 0.0963. The van der Waals surface area contributed by atoms with Gasteiger partial charge < -0.3 is 9.47 Å². The summed E-state index contributed by atoms with van der Waals surface area (Å²) in [5, 5.41) is 8.47. The molecule has 0 saturated heterocycles. The summed E-state index contributed by atoms with van der Waals surface area (Å²) < 4.78 is 12.9. The number of carbonyl (C=O) groups is 1. The molecule has 5 nitrogen and oxygen atoms in total. The fourth-order valence-electron chi connectivity index (χ4n) is 3.40. The normalized spacial score (nSPS) is 11.1. The summed E-state index contributed by atoms with van der Waals surface area (Å²) >= 11 is 8.25. The van der Waals surface area contributed by atoms with Crippen LogP contribution in [0.3, 0.4) is 0 Å². The lowest BCUT2D eigenvalue weighted by Gasteiger charge is -2.06. The number of unbranched alkanes of at least 4 members (excludes halogenated alkanes) is 7. The summed E-state index contributed by atoms with van der Waals surface area (Å²) in [4.78, 5) is 12.0. The maximum absolute atomic E-state index is 12.0. The second-order valence-electron chi connectivity index (χ2n) is 8.08. The number of hydrogen-bond donors (Lipinski definition) is 0. The van der Waals surface area contributed by atoms with Crippen molar-refractivity contribution in [3.8, 4) is 5.75 Å². The van der Waals surface area contributed by atoms with Crippen molar-refractivity contribution in [1.82, 2.24) is 0 Å². The van der Waals surface area contributed by atoms with Gasteiger partial charge in [-0.2, -0.15) is 10.2 Å². The molecule has 8 heteroatoms. The van der Waals surface area contributed by atoms with Crippen molar-refractivity contribution in [2.24, 2.45) is 10.2 Å². The molecule has 186 valence electrons. The molecule has 0 unspecified atom stereocenters. The summed E-state index contributed by atoms with van der Waals surface area (Å²) in [6, 6.07) is 19.2. The topological polar surface area (TPSA) is 60.2 Å². The Bertz CT molecular complexity index is 1060. The van der Waals surface area contributed by atoms with E-state index in [2.05, 4.69) is 42.1 Å². The van der Waals surface area contributed by atoms with Crippen LogP contribution in [0.15, 0.2) is 78.5 Å². The first kappa shape index (κ1) is 27.6. The molecular weight excluding hydrogens is 592 g/mol. The summed E-state index contributed by atoms with van der Waals surface area (Å²) in [5.74, 6) is 0.605. The number of ether oxygens (including phenoxy) is 2. The van der Waals surface area contributed by atoms with Crippen LogP contribution in [0.25, 0.3) is 0 Å². The van der Waals surface area contributed by atoms with E-state index in [0.717, 1.165) is 50.6 Å². The fraction of sp³-hybridized carbons (Fsp3) is 0.370. The van der Waals surface area contributed by atoms with Gasteiger partial charge >= 0.3 is 5.97 Å². The van der Waals surface area contributed by atoms with E-state index >= 15 is 0 Å². The molecule has 0 spiro atoms. The van der Waals surface area contributed by atoms with Crippen LogP contribution in [0.4, 0.5) is 11.4 Å². The van der Waals surface area contributed by atoms with Crippen LogP contribution in [0, 0.1) is 0 Å². The molecule has 0 fully saturated rings. The van der Waals surface area contributed by atoms with E-state index in [1.807, 2.05) is 54.6 Å². The number of thiophene rings is 1. The highest BCUT2D eigenvalue weighted by molar-refractivity contribution is 9.12. The molecule has 1 aromatic heterocycles. The Balaban J connectivity index is 1.15. The van der Waals surface area contributed by atoms with Crippen molar-refractivity contribution in [2.75, 3.05) is 13.2 Å². The zero-order valence-corrected chi connectivity index (χ0v) is 23.6. The van der Waals surface area contributed by atoms with Gasteiger partial charge in [0.05, 0.1) is 37.7 Å². The standard InChI is InChI=1S/C27H30Br2N2O3S/c28-25-20-24(26(29)35-25)27(32)34-19-11-6-4-2-1-3-5-10-18-33-23-16-14-22(15-17-23)31-30-21-12-8-7-9-13-21/h7-9,12-17,20H,1-6,10-11,18-19H2. The molecule has 1 heterocycles. The van der Waals surface area contributed by atoms with Gasteiger partial charge in [-0.3, -0.25) is 0 Å². The SMILES string of the molecule is O=C(OCCCCCCCCCCOc1ccc(N=Nc2ccccc2)cc1)c1cc(Br)sc1Br. The number of carbonyl (C=O) groups excluding carboxylic acids is 1. The molecule has 0 aliphatic rings. The van der Waals surface area contributed by atoms with Gasteiger partial charge in [-0.05, 0) is 87.2 Å². The van der Waals surface area contributed by atoms with Gasteiger partial charge in [0.1, 0.15) is 5.75 Å². The van der Waals surface area contributed by atoms with Gasteiger partial charge in [-0.15, -0.1) is 11.3 Å². The zero-order chi connectivity index (χ0) is 24.7. The van der Waals surface area contributed by atoms with Crippen molar-refractivity contribution in [2.45, 2.75) is 51.4 Å². The van der Waals surface area contributed by atoms with E-state index < -0.39 is 0 Å². The average molecular weight is 622 g/mol. The number of esters is 1. The van der Waals surface area contributed by atoms with Crippen molar-refractivity contribution in [1.29, 1.82) is 0 Å². The van der Waals surface area contributed by atoms with Crippen molar-refractivity contribution < 1.29 is 14.3 Å². The van der Waals surface area contributed by atoms with Crippen molar-refractivity contribution >= 4 is 60.5 Å². The third-order valence-corrected chi connectivity index (χ3v) is 7.63. The van der Waals surface area contributed by atoms with E-state index in [1.54, 1.807) is 6.07 Å². The molecule has 0 N–H and O–H groups in total. The number of azo groups is 1. The number of rotatable bonds is 15. The number of hydrogen-bond acceptors (Lipinski definition) is 6. The van der Waals surface area contributed by atoms with E-state index in [0.29, 0.717) is 12.2 Å². The number of nitrogens with zero attached hydrogens (tertiary/aromatic N) is 2. The Hall–Kier alpha value is -2.03. The molecule has 0 amide bonds. The minimum atomic E-state index is -0.259. The Morgan fingerprint density at radius 1 is 0.743 bits per heavy atom. The molecule has 0 bridgehead atoms. The lowest BCUT2D eigenvalue weighted by Crippen LogP contribution is -2.05. The van der Waals surface area contributed by atoms with E-state index in [4.69, 9.17) is 9.47 Å². The molecule has 0 aliphatic carbocycles. The Morgan fingerprint density at radius 3 is 1.91 bits per heavy atom. The number of benzene rings is 2. The molecule has 0 saturated carbocycles. The highest BCUT2D eigenvalue weighted by atomic mass is 79.9. The van der Waals surface area contributed by atoms with Gasteiger partial charge in [0.15, 0.2) is 0 Å². The number of halogens is 2. The Kier molecular flexibility index (Phi) is 12.5. The lowest BCUT2D eigenvalue weighted by molar-refractivity contribution is 0.0497. The first-order valence-corrected chi connectivity index (χ1v) is 14.3. The molecule has 2 aromatic carbocycles. The van der Waals surface area contributed by atoms with Crippen LogP contribution in [-0.4, -0.2) is 19.2 Å². The highest BCUT2D eigenvalue weighted by Crippen LogP contribution is 2.32. The van der Waals surface area contributed by atoms with Crippen LogP contribution < -0.4 is 4.74 Å². The molecule has 3 rings (SSSR count). The summed E-state index contributed by atoms with van der Waals surface area (Å²) in [6.45, 7) is 1.21. The van der Waals surface area contributed by atoms with Gasteiger partial charge in [0, 0.05) is 0 Å². The minimum absolute atomic E-state index is 0.259. The maximum Gasteiger partial charge on any atom is 0.340 e. The van der Waals surface area contributed by atoms with Gasteiger partial charge in [0.25, 0.3) is 0 Å². The maximum atomic E-state index is 12.0. The van der Waals surface area contributed by atoms with Gasteiger partial charge in [-0.1, -0.05) is 56.7 Å². The van der Waals surface area contributed by atoms with E-state index in [1.165, 1.54) is 43.4 Å². The molecular formula is C27H30Br2N2O3S. The summed E-state index contributed by atoms with van der Waals surface area (Å²) in [6.07, 6.45) is 9.08. The smallest absolute Gasteiger partial charge is 0.340 e. The van der Waals surface area contributed by atoms with E-state index in [-0.39, 0.29) is 5.97 Å². The van der Waals surface area contributed by atoms with E-state index in [9.17, 15) is 4.79 Å². The molecule has 0 aliphatic heterocycles. The predicted octanol–water partition coefficient (Wildman–Crippen LogP) is 10.0.